The number of esters is 1. The molecule has 0 fully saturated rings. The van der Waals surface area contributed by atoms with Crippen molar-refractivity contribution in [3.8, 4) is 11.4 Å². The van der Waals surface area contributed by atoms with E-state index in [-0.39, 0.29) is 5.97 Å². The lowest BCUT2D eigenvalue weighted by Gasteiger charge is -2.10. The molecular weight excluding hydrogens is 180 g/mol. The molecule has 2 heterocycles. The van der Waals surface area contributed by atoms with E-state index in [4.69, 9.17) is 0 Å². The van der Waals surface area contributed by atoms with E-state index in [1.807, 2.05) is 12.1 Å². The summed E-state index contributed by atoms with van der Waals surface area (Å²) in [6.45, 7) is 0. The smallest absolute Gasteiger partial charge is 0.354 e. The maximum absolute atomic E-state index is 11.3. The van der Waals surface area contributed by atoms with Crippen LogP contribution in [0.15, 0.2) is 24.4 Å². The van der Waals surface area contributed by atoms with E-state index in [1.165, 1.54) is 7.11 Å². The van der Waals surface area contributed by atoms with Crippen molar-refractivity contribution in [3.63, 3.8) is 0 Å². The highest BCUT2D eigenvalue weighted by molar-refractivity contribution is 5.88. The molecule has 0 unspecified atom stereocenters. The Morgan fingerprint density at radius 1 is 1.43 bits per heavy atom. The lowest BCUT2D eigenvalue weighted by atomic mass is 10.2. The van der Waals surface area contributed by atoms with Crippen LogP contribution in [0.2, 0.25) is 0 Å². The second kappa shape index (κ2) is 3.14. The summed E-state index contributed by atoms with van der Waals surface area (Å²) in [7, 11) is 3.16. The first-order valence-electron chi connectivity index (χ1n) is 4.23. The number of hydrogen-bond acceptors (Lipinski definition) is 3. The Bertz CT molecular complexity index is 448. The quantitative estimate of drug-likeness (QED) is 0.637. The maximum Gasteiger partial charge on any atom is 0.354 e. The maximum atomic E-state index is 11.3. The van der Waals surface area contributed by atoms with E-state index >= 15 is 0 Å². The van der Waals surface area contributed by atoms with Crippen molar-refractivity contribution in [3.05, 3.63) is 30.1 Å². The molecule has 0 saturated carbocycles. The summed E-state index contributed by atoms with van der Waals surface area (Å²) in [5.74, 6) is 0.435. The normalized spacial score (nSPS) is 10.4. The molecule has 0 radical (unpaired) electrons. The van der Waals surface area contributed by atoms with Gasteiger partial charge in [0.2, 0.25) is 0 Å². The van der Waals surface area contributed by atoms with E-state index in [0.717, 1.165) is 11.4 Å². The largest absolute Gasteiger partial charge is 0.464 e. The lowest BCUT2D eigenvalue weighted by molar-refractivity contribution is 0.0589. The van der Waals surface area contributed by atoms with Crippen molar-refractivity contribution in [1.82, 2.24) is 9.55 Å². The molecule has 0 aromatic rings. The minimum absolute atomic E-state index is 0.350. The van der Waals surface area contributed by atoms with Gasteiger partial charge >= 0.3 is 5.97 Å². The molecule has 0 amide bonds. The zero-order chi connectivity index (χ0) is 10.1. The molecule has 0 N–H and O–H groups in total. The SMILES string of the molecule is COC(=O)c1ccc2ccnc-2n1C. The van der Waals surface area contributed by atoms with Crippen LogP contribution in [0.5, 0.6) is 0 Å². The molecule has 4 nitrogen and oxygen atoms in total. The molecule has 0 saturated heterocycles. The molecule has 0 aliphatic carbocycles. The van der Waals surface area contributed by atoms with Crippen LogP contribution in [-0.2, 0) is 11.8 Å². The molecule has 2 aliphatic heterocycles. The lowest BCUT2D eigenvalue weighted by Crippen LogP contribution is -2.12. The molecule has 0 atom stereocenters. The minimum Gasteiger partial charge on any atom is -0.464 e. The number of hydrogen-bond donors (Lipinski definition) is 0. The standard InChI is InChI=1S/C10H10N2O2/c1-12-8(10(13)14-2)4-3-7-5-6-11-9(7)12/h3-6H,1-2H3. The summed E-state index contributed by atoms with van der Waals surface area (Å²) in [6.07, 6.45) is 1.71. The Morgan fingerprint density at radius 3 is 2.93 bits per heavy atom. The second-order valence-corrected chi connectivity index (χ2v) is 2.99. The predicted molar refractivity (Wildman–Crippen MR) is 51.2 cm³/mol. The Hall–Kier alpha value is -1.84. The average Bonchev–Trinajstić information content (AvgIpc) is 2.66. The van der Waals surface area contributed by atoms with Gasteiger partial charge in [0.05, 0.1) is 7.11 Å². The topological polar surface area (TPSA) is 44.1 Å². The van der Waals surface area contributed by atoms with Crippen LogP contribution in [0.25, 0.3) is 11.4 Å². The Kier molecular flexibility index (Phi) is 1.96. The van der Waals surface area contributed by atoms with E-state index in [0.29, 0.717) is 5.69 Å². The first-order chi connectivity index (χ1) is 6.74. The van der Waals surface area contributed by atoms with Crippen LogP contribution >= 0.6 is 0 Å². The first-order valence-corrected chi connectivity index (χ1v) is 4.23. The van der Waals surface area contributed by atoms with Crippen LogP contribution in [0, 0.1) is 0 Å². The molecular formula is C10H10N2O2. The number of ether oxygens (including phenoxy) is 1. The zero-order valence-corrected chi connectivity index (χ0v) is 8.02. The Morgan fingerprint density at radius 2 is 2.21 bits per heavy atom. The van der Waals surface area contributed by atoms with Crippen molar-refractivity contribution < 1.29 is 9.53 Å². The third kappa shape index (κ3) is 1.16. The fourth-order valence-corrected chi connectivity index (χ4v) is 1.45. The molecule has 4 heteroatoms. The molecule has 14 heavy (non-hydrogen) atoms. The van der Waals surface area contributed by atoms with Gasteiger partial charge < -0.3 is 9.30 Å². The number of carbonyl (C=O) groups is 1. The highest BCUT2D eigenvalue weighted by Gasteiger charge is 2.14. The summed E-state index contributed by atoms with van der Waals surface area (Å²) < 4.78 is 6.38. The van der Waals surface area contributed by atoms with E-state index in [1.54, 1.807) is 23.9 Å². The van der Waals surface area contributed by atoms with Gasteiger partial charge in [-0.25, -0.2) is 9.78 Å². The Balaban J connectivity index is 2.62. The van der Waals surface area contributed by atoms with Gasteiger partial charge in [-0.1, -0.05) is 0 Å². The highest BCUT2D eigenvalue weighted by Crippen LogP contribution is 2.20. The summed E-state index contributed by atoms with van der Waals surface area (Å²) in [6, 6.07) is 5.49. The van der Waals surface area contributed by atoms with Gasteiger partial charge in [0.1, 0.15) is 11.5 Å². The summed E-state index contributed by atoms with van der Waals surface area (Å²) in [5.41, 5.74) is 1.51. The fraction of sp³-hybridized carbons (Fsp3) is 0.200. The van der Waals surface area contributed by atoms with Crippen molar-refractivity contribution in [2.45, 2.75) is 0 Å². The van der Waals surface area contributed by atoms with Crippen LogP contribution in [0.4, 0.5) is 0 Å². The van der Waals surface area contributed by atoms with Crippen molar-refractivity contribution in [2.24, 2.45) is 7.05 Å². The summed E-state index contributed by atoms with van der Waals surface area (Å²) in [4.78, 5) is 15.5. The van der Waals surface area contributed by atoms with Gasteiger partial charge in [0.15, 0.2) is 0 Å². The van der Waals surface area contributed by atoms with Crippen LogP contribution in [0.3, 0.4) is 0 Å². The first kappa shape index (κ1) is 8.74. The van der Waals surface area contributed by atoms with Gasteiger partial charge in [-0.3, -0.25) is 0 Å². The number of pyridine rings is 1. The second-order valence-electron chi connectivity index (χ2n) is 2.99. The molecule has 2 aliphatic rings. The van der Waals surface area contributed by atoms with Crippen LogP contribution < -0.4 is 0 Å². The van der Waals surface area contributed by atoms with Crippen molar-refractivity contribution in [1.29, 1.82) is 0 Å². The Labute approximate surface area is 81.5 Å². The van der Waals surface area contributed by atoms with Crippen LogP contribution in [-0.4, -0.2) is 22.6 Å². The molecule has 0 bridgehead atoms. The van der Waals surface area contributed by atoms with E-state index < -0.39 is 0 Å². The van der Waals surface area contributed by atoms with Gasteiger partial charge in [-0.05, 0) is 18.2 Å². The number of aromatic nitrogens is 2. The van der Waals surface area contributed by atoms with Crippen LogP contribution in [0.1, 0.15) is 10.5 Å². The number of methoxy groups -OCH3 is 1. The van der Waals surface area contributed by atoms with Gasteiger partial charge in [0, 0.05) is 18.8 Å². The number of carbonyl (C=O) groups excluding carboxylic acids is 1. The summed E-state index contributed by atoms with van der Waals surface area (Å²) in [5, 5.41) is 0. The molecule has 72 valence electrons. The molecule has 0 aromatic carbocycles. The molecule has 0 spiro atoms. The van der Waals surface area contributed by atoms with Gasteiger partial charge in [-0.2, -0.15) is 0 Å². The number of fused-ring (bicyclic) bond motifs is 1. The predicted octanol–water partition coefficient (Wildman–Crippen LogP) is 1.31. The van der Waals surface area contributed by atoms with Gasteiger partial charge in [0.25, 0.3) is 0 Å². The molecule has 2 rings (SSSR count). The zero-order valence-electron chi connectivity index (χ0n) is 8.02. The summed E-state index contributed by atoms with van der Waals surface area (Å²) >= 11 is 0. The monoisotopic (exact) mass is 190 g/mol. The number of rotatable bonds is 1. The van der Waals surface area contributed by atoms with Gasteiger partial charge in [-0.15, -0.1) is 0 Å². The minimum atomic E-state index is -0.350. The van der Waals surface area contributed by atoms with Crippen molar-refractivity contribution in [2.75, 3.05) is 7.11 Å². The molecule has 0 aromatic heterocycles. The third-order valence-corrected chi connectivity index (χ3v) is 2.20. The number of nitrogens with zero attached hydrogens (tertiary/aromatic N) is 2. The van der Waals surface area contributed by atoms with E-state index in [9.17, 15) is 4.79 Å². The van der Waals surface area contributed by atoms with Crippen molar-refractivity contribution >= 4 is 5.97 Å². The third-order valence-electron chi connectivity index (χ3n) is 2.20. The average molecular weight is 190 g/mol. The highest BCUT2D eigenvalue weighted by atomic mass is 16.5. The fourth-order valence-electron chi connectivity index (χ4n) is 1.45. The van der Waals surface area contributed by atoms with E-state index in [2.05, 4.69) is 9.72 Å².